The van der Waals surface area contributed by atoms with Gasteiger partial charge in [0.05, 0.1) is 0 Å². The molecule has 0 saturated carbocycles. The van der Waals surface area contributed by atoms with Gasteiger partial charge in [-0.05, 0) is 94.0 Å². The van der Waals surface area contributed by atoms with E-state index in [4.69, 9.17) is 13.9 Å². The van der Waals surface area contributed by atoms with Crippen molar-refractivity contribution in [2.45, 2.75) is 6.92 Å². The maximum Gasteiger partial charge on any atom is 0.262 e. The van der Waals surface area contributed by atoms with Crippen LogP contribution in [-0.4, -0.2) is 6.71 Å². The number of anilines is 3. The molecule has 0 atom stereocenters. The second kappa shape index (κ2) is 10.3. The molecule has 5 heteroatoms. The average Bonchev–Trinajstić information content (AvgIpc) is 3.53. The van der Waals surface area contributed by atoms with Gasteiger partial charge in [0.2, 0.25) is 0 Å². The molecular formula is C45H28BNO3. The number of hydrogen-bond donors (Lipinski definition) is 0. The predicted molar refractivity (Wildman–Crippen MR) is 206 cm³/mol. The highest BCUT2D eigenvalue weighted by Gasteiger charge is 2.43. The van der Waals surface area contributed by atoms with E-state index in [2.05, 4.69) is 157 Å². The van der Waals surface area contributed by atoms with Crippen molar-refractivity contribution in [2.75, 3.05) is 4.90 Å². The van der Waals surface area contributed by atoms with E-state index in [0.29, 0.717) is 0 Å². The molecule has 0 aliphatic carbocycles. The molecule has 234 valence electrons. The Hall–Kier alpha value is -6.46. The quantitative estimate of drug-likeness (QED) is 0.180. The summed E-state index contributed by atoms with van der Waals surface area (Å²) < 4.78 is 20.7. The van der Waals surface area contributed by atoms with E-state index < -0.39 is 0 Å². The van der Waals surface area contributed by atoms with Crippen molar-refractivity contribution in [1.82, 2.24) is 0 Å². The highest BCUT2D eigenvalue weighted by Crippen LogP contribution is 2.46. The Balaban J connectivity index is 1.17. The Labute approximate surface area is 288 Å². The Morgan fingerprint density at radius 3 is 1.80 bits per heavy atom. The van der Waals surface area contributed by atoms with E-state index in [1.165, 1.54) is 27.1 Å². The van der Waals surface area contributed by atoms with Gasteiger partial charge in [-0.1, -0.05) is 96.6 Å². The standard InChI is InChI=1S/C45H28BNO3/c1-27-15-19-31(20-16-27)47(30-11-3-2-4-12-30)32-21-22-35-36-26-40-43-45(44(36)50-39(35)25-32)49-38-24-18-29-10-6-8-14-34(29)42(38)46(43)41-33-13-7-5-9-28(33)17-23-37(41)48-40/h2-26H,1H3. The maximum atomic E-state index is 6.95. The Morgan fingerprint density at radius 2 is 1.08 bits per heavy atom. The summed E-state index contributed by atoms with van der Waals surface area (Å²) in [5.41, 5.74) is 9.23. The zero-order chi connectivity index (χ0) is 32.9. The molecule has 0 N–H and O–H groups in total. The second-order valence-electron chi connectivity index (χ2n) is 13.3. The molecule has 0 fully saturated rings. The van der Waals surface area contributed by atoms with Gasteiger partial charge in [-0.2, -0.15) is 0 Å². The second-order valence-corrected chi connectivity index (χ2v) is 13.3. The molecular weight excluding hydrogens is 613 g/mol. The van der Waals surface area contributed by atoms with Gasteiger partial charge in [0.15, 0.2) is 11.3 Å². The van der Waals surface area contributed by atoms with Crippen LogP contribution in [0.4, 0.5) is 17.1 Å². The molecule has 1 aromatic heterocycles. The molecule has 50 heavy (non-hydrogen) atoms. The molecule has 9 aromatic rings. The lowest BCUT2D eigenvalue weighted by molar-refractivity contribution is 0.462. The van der Waals surface area contributed by atoms with Crippen LogP contribution in [0.2, 0.25) is 0 Å². The number of ether oxygens (including phenoxy) is 2. The van der Waals surface area contributed by atoms with Crippen molar-refractivity contribution < 1.29 is 13.9 Å². The SMILES string of the molecule is Cc1ccc(N(c2ccccc2)c2ccc3c(c2)oc2c4c5c(cc23)Oc2ccc3ccccc3c2B5c2c(ccc3ccccc23)O4)cc1. The zero-order valence-corrected chi connectivity index (χ0v) is 27.2. The lowest BCUT2D eigenvalue weighted by Crippen LogP contribution is -2.57. The normalized spacial score (nSPS) is 12.8. The molecule has 2 aliphatic heterocycles. The topological polar surface area (TPSA) is 34.8 Å². The first-order valence-electron chi connectivity index (χ1n) is 17.0. The number of nitrogens with zero attached hydrogens (tertiary/aromatic N) is 1. The summed E-state index contributed by atoms with van der Waals surface area (Å²) in [5, 5.41) is 6.70. The van der Waals surface area contributed by atoms with Crippen molar-refractivity contribution in [2.24, 2.45) is 0 Å². The van der Waals surface area contributed by atoms with Crippen molar-refractivity contribution >= 4 is 83.6 Å². The third-order valence-electron chi connectivity index (χ3n) is 10.4. The molecule has 3 heterocycles. The van der Waals surface area contributed by atoms with Gasteiger partial charge < -0.3 is 18.8 Å². The minimum Gasteiger partial charge on any atom is -0.458 e. The summed E-state index contributed by atoms with van der Waals surface area (Å²) >= 11 is 0. The smallest absolute Gasteiger partial charge is 0.262 e. The average molecular weight is 642 g/mol. The van der Waals surface area contributed by atoms with E-state index in [1.54, 1.807) is 0 Å². The van der Waals surface area contributed by atoms with Gasteiger partial charge in [-0.15, -0.1) is 0 Å². The lowest BCUT2D eigenvalue weighted by atomic mass is 9.33. The molecule has 0 saturated heterocycles. The number of rotatable bonds is 3. The van der Waals surface area contributed by atoms with Gasteiger partial charge in [-0.3, -0.25) is 0 Å². The van der Waals surface area contributed by atoms with E-state index in [-0.39, 0.29) is 6.71 Å². The van der Waals surface area contributed by atoms with Crippen LogP contribution in [0.25, 0.3) is 43.5 Å². The van der Waals surface area contributed by atoms with Crippen LogP contribution in [0, 0.1) is 6.92 Å². The van der Waals surface area contributed by atoms with Crippen molar-refractivity contribution in [3.05, 3.63) is 157 Å². The van der Waals surface area contributed by atoms with Gasteiger partial charge in [0.25, 0.3) is 6.71 Å². The number of furan rings is 1. The van der Waals surface area contributed by atoms with Gasteiger partial charge in [0.1, 0.15) is 22.8 Å². The predicted octanol–water partition coefficient (Wildman–Crippen LogP) is 10.4. The van der Waals surface area contributed by atoms with E-state index in [9.17, 15) is 0 Å². The fourth-order valence-corrected chi connectivity index (χ4v) is 8.16. The Kier molecular flexibility index (Phi) is 5.65. The summed E-state index contributed by atoms with van der Waals surface area (Å²) in [4.78, 5) is 2.26. The summed E-state index contributed by atoms with van der Waals surface area (Å²) in [6, 6.07) is 53.4. The minimum absolute atomic E-state index is 0.104. The molecule has 2 aliphatic rings. The molecule has 0 spiro atoms. The molecule has 0 unspecified atom stereocenters. The van der Waals surface area contributed by atoms with Crippen LogP contribution in [0.3, 0.4) is 0 Å². The van der Waals surface area contributed by atoms with Crippen molar-refractivity contribution in [3.8, 4) is 23.0 Å². The van der Waals surface area contributed by atoms with Crippen LogP contribution in [0.5, 0.6) is 23.0 Å². The van der Waals surface area contributed by atoms with Crippen LogP contribution in [-0.2, 0) is 0 Å². The fraction of sp³-hybridized carbons (Fsp3) is 0.0222. The largest absolute Gasteiger partial charge is 0.458 e. The van der Waals surface area contributed by atoms with Gasteiger partial charge in [-0.25, -0.2) is 0 Å². The molecule has 0 bridgehead atoms. The fourth-order valence-electron chi connectivity index (χ4n) is 8.16. The van der Waals surface area contributed by atoms with Gasteiger partial charge >= 0.3 is 0 Å². The summed E-state index contributed by atoms with van der Waals surface area (Å²) in [6.45, 7) is 2.01. The highest BCUT2D eigenvalue weighted by atomic mass is 16.5. The molecule has 8 aromatic carbocycles. The molecule has 4 nitrogen and oxygen atoms in total. The van der Waals surface area contributed by atoms with Crippen LogP contribution >= 0.6 is 0 Å². The molecule has 11 rings (SSSR count). The monoisotopic (exact) mass is 641 g/mol. The van der Waals surface area contributed by atoms with Gasteiger partial charge in [0, 0.05) is 39.4 Å². The Morgan fingerprint density at radius 1 is 0.460 bits per heavy atom. The first-order chi connectivity index (χ1) is 24.7. The van der Waals surface area contributed by atoms with Crippen LogP contribution in [0.15, 0.2) is 156 Å². The summed E-state index contributed by atoms with van der Waals surface area (Å²) in [5.74, 6) is 3.24. The van der Waals surface area contributed by atoms with Crippen LogP contribution in [0.1, 0.15) is 5.56 Å². The van der Waals surface area contributed by atoms with Crippen molar-refractivity contribution in [3.63, 3.8) is 0 Å². The Bertz CT molecular complexity index is 2790. The number of fused-ring (bicyclic) bond motifs is 12. The van der Waals surface area contributed by atoms with E-state index >= 15 is 0 Å². The first-order valence-corrected chi connectivity index (χ1v) is 17.0. The number of aryl methyl sites for hydroxylation is 1. The maximum absolute atomic E-state index is 6.95. The molecule has 0 radical (unpaired) electrons. The van der Waals surface area contributed by atoms with Crippen LogP contribution < -0.4 is 30.8 Å². The highest BCUT2D eigenvalue weighted by molar-refractivity contribution is 7.01. The summed E-state index contributed by atoms with van der Waals surface area (Å²) in [7, 11) is 0. The number of para-hydroxylation sites is 1. The summed E-state index contributed by atoms with van der Waals surface area (Å²) in [6.07, 6.45) is 0. The third-order valence-corrected chi connectivity index (χ3v) is 10.4. The number of hydrogen-bond acceptors (Lipinski definition) is 4. The zero-order valence-electron chi connectivity index (χ0n) is 27.2. The van der Waals surface area contributed by atoms with Crippen molar-refractivity contribution in [1.29, 1.82) is 0 Å². The molecule has 0 amide bonds. The third kappa shape index (κ3) is 3.89. The number of benzene rings is 8. The van der Waals surface area contributed by atoms with E-state index in [1.807, 2.05) is 6.07 Å². The first kappa shape index (κ1) is 27.5. The van der Waals surface area contributed by atoms with E-state index in [0.717, 1.165) is 78.4 Å². The lowest BCUT2D eigenvalue weighted by Gasteiger charge is -2.34. The minimum atomic E-state index is -0.104.